The molecule has 0 bridgehead atoms. The van der Waals surface area contributed by atoms with E-state index >= 15 is 0 Å². The molecule has 2 aliphatic heterocycles. The summed E-state index contributed by atoms with van der Waals surface area (Å²) in [5, 5.41) is 6.46. The first-order chi connectivity index (χ1) is 18.0. The second-order valence-corrected chi connectivity index (χ2v) is 10.6. The number of amides is 1. The lowest BCUT2D eigenvalue weighted by atomic mass is 10.0. The molecule has 1 unspecified atom stereocenters. The van der Waals surface area contributed by atoms with Crippen molar-refractivity contribution in [2.45, 2.75) is 44.2 Å². The van der Waals surface area contributed by atoms with Crippen molar-refractivity contribution in [1.29, 1.82) is 0 Å². The number of halogens is 4. The molecule has 3 heterocycles. The third-order valence-electron chi connectivity index (χ3n) is 6.78. The van der Waals surface area contributed by atoms with Gasteiger partial charge in [-0.25, -0.2) is 0 Å². The normalized spacial score (nSPS) is 22.2. The maximum Gasteiger partial charge on any atom is 0.416 e. The van der Waals surface area contributed by atoms with Gasteiger partial charge >= 0.3 is 6.18 Å². The Labute approximate surface area is 228 Å². The molecular formula is C26H32BrF3N6O2. The molecule has 0 radical (unpaired) electrons. The number of nitrogens with one attached hydrogen (secondary N) is 2. The summed E-state index contributed by atoms with van der Waals surface area (Å²) in [6.45, 7) is 6.72. The van der Waals surface area contributed by atoms with Crippen LogP contribution in [-0.2, 0) is 4.74 Å². The van der Waals surface area contributed by atoms with Crippen LogP contribution in [0.1, 0.15) is 35.7 Å². The highest BCUT2D eigenvalue weighted by molar-refractivity contribution is 9.10. The Morgan fingerprint density at radius 3 is 2.68 bits per heavy atom. The minimum absolute atomic E-state index is 0.116. The SMILES string of the molecule is C=C(c1cc(Br)cc(N)c1N[C@@H]1CCCN(C(=O)c2cncc(NC)c2)C1)N1CC(C)O[C@H](C(F)(F)F)C1. The van der Waals surface area contributed by atoms with Crippen molar-refractivity contribution in [1.82, 2.24) is 14.8 Å². The summed E-state index contributed by atoms with van der Waals surface area (Å²) in [7, 11) is 1.76. The zero-order valence-electron chi connectivity index (χ0n) is 21.3. The van der Waals surface area contributed by atoms with Crippen LogP contribution in [0, 0.1) is 0 Å². The Bertz CT molecular complexity index is 1190. The summed E-state index contributed by atoms with van der Waals surface area (Å²) in [6, 6.07) is 5.18. The molecule has 1 aromatic heterocycles. The van der Waals surface area contributed by atoms with Crippen LogP contribution in [0.25, 0.3) is 5.70 Å². The lowest BCUT2D eigenvalue weighted by molar-refractivity contribution is -0.247. The smallest absolute Gasteiger partial charge is 0.397 e. The van der Waals surface area contributed by atoms with Crippen molar-refractivity contribution in [2.75, 3.05) is 49.6 Å². The van der Waals surface area contributed by atoms with Gasteiger partial charge in [-0.05, 0) is 38.0 Å². The second-order valence-electron chi connectivity index (χ2n) is 9.69. The molecule has 3 atom stereocenters. The summed E-state index contributed by atoms with van der Waals surface area (Å²) < 4.78 is 46.3. The standard InChI is InChI=1S/C26H32BrF3N6O2/c1-15-12-36(14-23(38-15)26(28,29)30)16(2)21-8-18(27)9-22(31)24(21)34-19-5-4-6-35(13-19)25(37)17-7-20(32-3)11-33-10-17/h7-11,15,19,23,32,34H,2,4-6,12-14,31H2,1,3H3/t15?,19-,23+/m1/s1. The number of hydrogen-bond acceptors (Lipinski definition) is 7. The minimum atomic E-state index is -4.48. The van der Waals surface area contributed by atoms with Crippen LogP contribution in [0.5, 0.6) is 0 Å². The molecular weight excluding hydrogens is 565 g/mol. The van der Waals surface area contributed by atoms with E-state index < -0.39 is 18.4 Å². The zero-order chi connectivity index (χ0) is 27.6. The van der Waals surface area contributed by atoms with Crippen LogP contribution in [0.2, 0.25) is 0 Å². The monoisotopic (exact) mass is 596 g/mol. The maximum atomic E-state index is 13.5. The molecule has 0 aliphatic carbocycles. The van der Waals surface area contributed by atoms with Crippen molar-refractivity contribution in [3.05, 3.63) is 52.8 Å². The lowest BCUT2D eigenvalue weighted by Crippen LogP contribution is -2.51. The average Bonchev–Trinajstić information content (AvgIpc) is 2.88. The third kappa shape index (κ3) is 6.35. The lowest BCUT2D eigenvalue weighted by Gasteiger charge is -2.40. The van der Waals surface area contributed by atoms with E-state index in [-0.39, 0.29) is 25.0 Å². The van der Waals surface area contributed by atoms with Crippen LogP contribution in [0.3, 0.4) is 0 Å². The van der Waals surface area contributed by atoms with E-state index in [4.69, 9.17) is 10.5 Å². The molecule has 4 N–H and O–H groups in total. The first-order valence-electron chi connectivity index (χ1n) is 12.4. The summed E-state index contributed by atoms with van der Waals surface area (Å²) in [4.78, 5) is 20.7. The van der Waals surface area contributed by atoms with Gasteiger partial charge in [0.1, 0.15) is 0 Å². The van der Waals surface area contributed by atoms with Gasteiger partial charge in [0.05, 0.1) is 35.3 Å². The fraction of sp³-hybridized carbons (Fsp3) is 0.462. The number of carbonyl (C=O) groups is 1. The van der Waals surface area contributed by atoms with Crippen molar-refractivity contribution in [3.63, 3.8) is 0 Å². The van der Waals surface area contributed by atoms with E-state index in [2.05, 4.69) is 38.1 Å². The Balaban J connectivity index is 1.54. The number of piperidine rings is 1. The van der Waals surface area contributed by atoms with Crippen molar-refractivity contribution in [3.8, 4) is 0 Å². The second kappa shape index (κ2) is 11.4. The molecule has 8 nitrogen and oxygen atoms in total. The van der Waals surface area contributed by atoms with Crippen LogP contribution >= 0.6 is 15.9 Å². The number of benzene rings is 1. The van der Waals surface area contributed by atoms with Crippen LogP contribution < -0.4 is 16.4 Å². The Morgan fingerprint density at radius 1 is 1.21 bits per heavy atom. The zero-order valence-corrected chi connectivity index (χ0v) is 22.9. The highest BCUT2D eigenvalue weighted by Crippen LogP contribution is 2.37. The molecule has 2 aromatic rings. The van der Waals surface area contributed by atoms with Gasteiger partial charge in [0.25, 0.3) is 5.91 Å². The number of nitrogens with two attached hydrogens (primary N) is 1. The molecule has 2 fully saturated rings. The predicted octanol–water partition coefficient (Wildman–Crippen LogP) is 4.81. The van der Waals surface area contributed by atoms with Crippen LogP contribution in [-0.4, -0.2) is 78.3 Å². The number of carbonyl (C=O) groups excluding carboxylic acids is 1. The average molecular weight is 597 g/mol. The Kier molecular flexibility index (Phi) is 8.41. The number of morpholine rings is 1. The summed E-state index contributed by atoms with van der Waals surface area (Å²) in [5.74, 6) is -0.116. The minimum Gasteiger partial charge on any atom is -0.397 e. The summed E-state index contributed by atoms with van der Waals surface area (Å²) >= 11 is 3.45. The Morgan fingerprint density at radius 2 is 1.97 bits per heavy atom. The number of alkyl halides is 3. The molecule has 0 spiro atoms. The number of likely N-dealkylation sites (tertiary alicyclic amines) is 1. The number of ether oxygens (including phenoxy) is 1. The molecule has 2 saturated heterocycles. The van der Waals surface area contributed by atoms with E-state index in [9.17, 15) is 18.0 Å². The highest BCUT2D eigenvalue weighted by atomic mass is 79.9. The van der Waals surface area contributed by atoms with Gasteiger partial charge < -0.3 is 30.9 Å². The summed E-state index contributed by atoms with van der Waals surface area (Å²) in [6.07, 6.45) is -2.24. The van der Waals surface area contributed by atoms with Crippen molar-refractivity contribution < 1.29 is 22.7 Å². The predicted molar refractivity (Wildman–Crippen MR) is 146 cm³/mol. The van der Waals surface area contributed by atoms with Gasteiger partial charge in [0, 0.05) is 60.9 Å². The van der Waals surface area contributed by atoms with Gasteiger partial charge in [0.2, 0.25) is 0 Å². The molecule has 38 heavy (non-hydrogen) atoms. The number of nitrogens with zero attached hydrogens (tertiary/aromatic N) is 3. The van der Waals surface area contributed by atoms with Gasteiger partial charge in [-0.2, -0.15) is 13.2 Å². The largest absolute Gasteiger partial charge is 0.416 e. The Hall–Kier alpha value is -2.99. The van der Waals surface area contributed by atoms with E-state index in [1.807, 2.05) is 0 Å². The molecule has 1 aromatic carbocycles. The third-order valence-corrected chi connectivity index (χ3v) is 7.24. The number of rotatable bonds is 6. The molecule has 1 amide bonds. The number of hydrogen-bond donors (Lipinski definition) is 3. The quantitative estimate of drug-likeness (QED) is 0.412. The number of aromatic nitrogens is 1. The first-order valence-corrected chi connectivity index (χ1v) is 13.2. The number of anilines is 3. The first kappa shape index (κ1) is 28.0. The number of nitrogen functional groups attached to an aromatic ring is 1. The maximum absolute atomic E-state index is 13.5. The van der Waals surface area contributed by atoms with E-state index in [0.717, 1.165) is 18.5 Å². The molecule has 4 rings (SSSR count). The number of pyridine rings is 1. The molecule has 206 valence electrons. The summed E-state index contributed by atoms with van der Waals surface area (Å²) in [5.41, 5.74) is 9.67. The molecule has 2 aliphatic rings. The van der Waals surface area contributed by atoms with E-state index in [1.54, 1.807) is 54.4 Å². The van der Waals surface area contributed by atoms with Gasteiger partial charge in [-0.3, -0.25) is 9.78 Å². The molecule has 12 heteroatoms. The van der Waals surface area contributed by atoms with E-state index in [1.165, 1.54) is 0 Å². The van der Waals surface area contributed by atoms with Crippen LogP contribution in [0.4, 0.5) is 30.2 Å². The van der Waals surface area contributed by atoms with Crippen molar-refractivity contribution >= 4 is 44.6 Å². The molecule has 0 saturated carbocycles. The fourth-order valence-electron chi connectivity index (χ4n) is 4.90. The van der Waals surface area contributed by atoms with Crippen LogP contribution in [0.15, 0.2) is 41.6 Å². The van der Waals surface area contributed by atoms with Gasteiger partial charge in [0.15, 0.2) is 6.10 Å². The van der Waals surface area contributed by atoms with Gasteiger partial charge in [-0.15, -0.1) is 0 Å². The topological polar surface area (TPSA) is 95.8 Å². The van der Waals surface area contributed by atoms with Crippen molar-refractivity contribution in [2.24, 2.45) is 0 Å². The fourth-order valence-corrected chi connectivity index (χ4v) is 5.37. The van der Waals surface area contributed by atoms with Gasteiger partial charge in [-0.1, -0.05) is 22.5 Å². The van der Waals surface area contributed by atoms with E-state index in [0.29, 0.717) is 45.8 Å². The highest BCUT2D eigenvalue weighted by Gasteiger charge is 2.45.